The van der Waals surface area contributed by atoms with Crippen LogP contribution in [0, 0.1) is 0 Å². The molecule has 0 saturated heterocycles. The average molecular weight is 265 g/mol. The molecular formula is C12H15N3O2S. The van der Waals surface area contributed by atoms with Gasteiger partial charge in [0.05, 0.1) is 0 Å². The zero-order valence-electron chi connectivity index (χ0n) is 10.2. The third kappa shape index (κ3) is 4.14. The number of nitrogens with one attached hydrogen (secondary N) is 3. The molecule has 1 aromatic carbocycles. The molecule has 96 valence electrons. The quantitative estimate of drug-likeness (QED) is 0.720. The van der Waals surface area contributed by atoms with Crippen LogP contribution in [0.4, 0.5) is 5.69 Å². The zero-order chi connectivity index (χ0) is 13.5. The number of carbonyl (C=O) groups is 2. The highest BCUT2D eigenvalue weighted by molar-refractivity contribution is 7.80. The fraction of sp³-hybridized carbons (Fsp3) is 0.250. The normalized spacial score (nSPS) is 9.44. The van der Waals surface area contributed by atoms with E-state index in [1.807, 2.05) is 0 Å². The van der Waals surface area contributed by atoms with Gasteiger partial charge >= 0.3 is 0 Å². The van der Waals surface area contributed by atoms with E-state index in [0.717, 1.165) is 0 Å². The Kier molecular flexibility index (Phi) is 5.26. The number of hydrogen-bond donors (Lipinski definition) is 3. The first-order chi connectivity index (χ1) is 8.56. The molecule has 0 atom stereocenters. The van der Waals surface area contributed by atoms with E-state index in [1.165, 1.54) is 0 Å². The number of rotatable bonds is 3. The number of thiocarbonyl (C=S) groups is 1. The van der Waals surface area contributed by atoms with E-state index in [0.29, 0.717) is 17.7 Å². The van der Waals surface area contributed by atoms with Gasteiger partial charge in [0.15, 0.2) is 5.11 Å². The maximum absolute atomic E-state index is 11.3. The molecule has 0 saturated carbocycles. The fourth-order valence-corrected chi connectivity index (χ4v) is 1.46. The van der Waals surface area contributed by atoms with Gasteiger partial charge in [-0.3, -0.25) is 9.59 Å². The predicted molar refractivity (Wildman–Crippen MR) is 74.5 cm³/mol. The molecular weight excluding hydrogens is 250 g/mol. The summed E-state index contributed by atoms with van der Waals surface area (Å²) in [6.07, 6.45) is 0.372. The average Bonchev–Trinajstić information content (AvgIpc) is 2.38. The molecule has 0 aromatic heterocycles. The summed E-state index contributed by atoms with van der Waals surface area (Å²) < 4.78 is 0. The summed E-state index contributed by atoms with van der Waals surface area (Å²) in [6, 6.07) is 6.78. The van der Waals surface area contributed by atoms with E-state index in [2.05, 4.69) is 16.0 Å². The largest absolute Gasteiger partial charge is 0.355 e. The van der Waals surface area contributed by atoms with Crippen molar-refractivity contribution in [2.75, 3.05) is 12.4 Å². The molecule has 18 heavy (non-hydrogen) atoms. The van der Waals surface area contributed by atoms with Crippen LogP contribution in [0.3, 0.4) is 0 Å². The van der Waals surface area contributed by atoms with E-state index in [4.69, 9.17) is 12.2 Å². The first kappa shape index (κ1) is 14.1. The van der Waals surface area contributed by atoms with Crippen LogP contribution in [0.2, 0.25) is 0 Å². The molecule has 0 unspecified atom stereocenters. The van der Waals surface area contributed by atoms with E-state index >= 15 is 0 Å². The maximum atomic E-state index is 11.3. The highest BCUT2D eigenvalue weighted by atomic mass is 32.1. The van der Waals surface area contributed by atoms with Crippen LogP contribution >= 0.6 is 12.2 Å². The zero-order valence-corrected chi connectivity index (χ0v) is 11.1. The van der Waals surface area contributed by atoms with E-state index in [1.54, 1.807) is 38.2 Å². The lowest BCUT2D eigenvalue weighted by molar-refractivity contribution is -0.119. The smallest absolute Gasteiger partial charge is 0.251 e. The van der Waals surface area contributed by atoms with Gasteiger partial charge in [0.25, 0.3) is 5.91 Å². The summed E-state index contributed by atoms with van der Waals surface area (Å²) in [5.41, 5.74) is 1.27. The van der Waals surface area contributed by atoms with Gasteiger partial charge in [-0.25, -0.2) is 0 Å². The van der Waals surface area contributed by atoms with Crippen molar-refractivity contribution >= 4 is 34.8 Å². The fourth-order valence-electron chi connectivity index (χ4n) is 1.23. The Morgan fingerprint density at radius 3 is 2.33 bits per heavy atom. The Hall–Kier alpha value is -1.95. The summed E-state index contributed by atoms with van der Waals surface area (Å²) in [5, 5.41) is 8.17. The molecule has 0 aliphatic carbocycles. The van der Waals surface area contributed by atoms with Crippen LogP contribution in [-0.2, 0) is 4.79 Å². The van der Waals surface area contributed by atoms with Crippen molar-refractivity contribution in [3.63, 3.8) is 0 Å². The molecule has 3 N–H and O–H groups in total. The lowest BCUT2D eigenvalue weighted by Gasteiger charge is -2.09. The standard InChI is InChI=1S/C12H15N3O2S/c1-3-10(16)15-12(18)14-9-6-4-8(5-7-9)11(17)13-2/h4-7H,3H2,1-2H3,(H,13,17)(H2,14,15,16,18). The first-order valence-corrected chi connectivity index (χ1v) is 5.90. The lowest BCUT2D eigenvalue weighted by Crippen LogP contribution is -2.33. The molecule has 0 aliphatic rings. The van der Waals surface area contributed by atoms with Crippen molar-refractivity contribution in [1.82, 2.24) is 10.6 Å². The molecule has 2 amide bonds. The third-order valence-corrected chi connectivity index (χ3v) is 2.41. The second kappa shape index (κ2) is 6.70. The summed E-state index contributed by atoms with van der Waals surface area (Å²) in [4.78, 5) is 22.4. The SMILES string of the molecule is CCC(=O)NC(=S)Nc1ccc(C(=O)NC)cc1. The van der Waals surface area contributed by atoms with Gasteiger partial charge in [-0.05, 0) is 36.5 Å². The van der Waals surface area contributed by atoms with E-state index < -0.39 is 0 Å². The lowest BCUT2D eigenvalue weighted by atomic mass is 10.2. The van der Waals surface area contributed by atoms with Gasteiger partial charge in [0, 0.05) is 24.7 Å². The van der Waals surface area contributed by atoms with Crippen molar-refractivity contribution in [1.29, 1.82) is 0 Å². The number of hydrogen-bond acceptors (Lipinski definition) is 3. The second-order valence-electron chi connectivity index (χ2n) is 3.51. The Balaban J connectivity index is 2.61. The van der Waals surface area contributed by atoms with Crippen molar-refractivity contribution in [3.05, 3.63) is 29.8 Å². The number of anilines is 1. The van der Waals surface area contributed by atoms with Gasteiger partial charge in [0.1, 0.15) is 0 Å². The highest BCUT2D eigenvalue weighted by Crippen LogP contribution is 2.09. The van der Waals surface area contributed by atoms with Gasteiger partial charge in [0.2, 0.25) is 5.91 Å². The summed E-state index contributed by atoms with van der Waals surface area (Å²) in [5.74, 6) is -0.294. The third-order valence-electron chi connectivity index (χ3n) is 2.21. The summed E-state index contributed by atoms with van der Waals surface area (Å²) in [7, 11) is 1.57. The molecule has 1 aromatic rings. The molecule has 6 heteroatoms. The van der Waals surface area contributed by atoms with E-state index in [9.17, 15) is 9.59 Å². The molecule has 1 rings (SSSR count). The molecule has 0 radical (unpaired) electrons. The topological polar surface area (TPSA) is 70.2 Å². The molecule has 0 spiro atoms. The van der Waals surface area contributed by atoms with E-state index in [-0.39, 0.29) is 16.9 Å². The summed E-state index contributed by atoms with van der Waals surface area (Å²) in [6.45, 7) is 1.75. The number of benzene rings is 1. The van der Waals surface area contributed by atoms with Gasteiger partial charge < -0.3 is 16.0 Å². The van der Waals surface area contributed by atoms with Crippen molar-refractivity contribution in [2.24, 2.45) is 0 Å². The minimum atomic E-state index is -0.150. The van der Waals surface area contributed by atoms with Crippen LogP contribution in [0.15, 0.2) is 24.3 Å². The van der Waals surface area contributed by atoms with Crippen LogP contribution in [0.25, 0.3) is 0 Å². The highest BCUT2D eigenvalue weighted by Gasteiger charge is 2.04. The molecule has 0 aliphatic heterocycles. The monoisotopic (exact) mass is 265 g/mol. The van der Waals surface area contributed by atoms with Crippen LogP contribution in [0.1, 0.15) is 23.7 Å². The maximum Gasteiger partial charge on any atom is 0.251 e. The number of amides is 2. The summed E-state index contributed by atoms with van der Waals surface area (Å²) >= 11 is 4.96. The Morgan fingerprint density at radius 1 is 1.22 bits per heavy atom. The van der Waals surface area contributed by atoms with Gasteiger partial charge in [-0.1, -0.05) is 6.92 Å². The molecule has 0 fully saturated rings. The Bertz CT molecular complexity index is 457. The van der Waals surface area contributed by atoms with Crippen molar-refractivity contribution < 1.29 is 9.59 Å². The molecule has 0 bridgehead atoms. The Labute approximate surface area is 111 Å². The molecule has 5 nitrogen and oxygen atoms in total. The molecule has 0 heterocycles. The van der Waals surface area contributed by atoms with Crippen LogP contribution in [0.5, 0.6) is 0 Å². The van der Waals surface area contributed by atoms with Gasteiger partial charge in [-0.15, -0.1) is 0 Å². The predicted octanol–water partition coefficient (Wildman–Crippen LogP) is 1.27. The van der Waals surface area contributed by atoms with Crippen molar-refractivity contribution in [2.45, 2.75) is 13.3 Å². The minimum Gasteiger partial charge on any atom is -0.355 e. The van der Waals surface area contributed by atoms with Gasteiger partial charge in [-0.2, -0.15) is 0 Å². The number of carbonyl (C=O) groups excluding carboxylic acids is 2. The van der Waals surface area contributed by atoms with Crippen molar-refractivity contribution in [3.8, 4) is 0 Å². The first-order valence-electron chi connectivity index (χ1n) is 5.49. The Morgan fingerprint density at radius 2 is 1.83 bits per heavy atom. The minimum absolute atomic E-state index is 0.144. The van der Waals surface area contributed by atoms with Crippen LogP contribution in [-0.4, -0.2) is 24.0 Å². The van der Waals surface area contributed by atoms with Crippen LogP contribution < -0.4 is 16.0 Å². The second-order valence-corrected chi connectivity index (χ2v) is 3.92.